The van der Waals surface area contributed by atoms with Gasteiger partial charge in [-0.05, 0) is 49.4 Å². The summed E-state index contributed by atoms with van der Waals surface area (Å²) in [4.78, 5) is 21.3. The van der Waals surface area contributed by atoms with Crippen LogP contribution in [0.1, 0.15) is 35.7 Å². The lowest BCUT2D eigenvalue weighted by atomic mass is 9.89. The Morgan fingerprint density at radius 2 is 2.00 bits per heavy atom. The van der Waals surface area contributed by atoms with E-state index in [9.17, 15) is 4.79 Å². The molecule has 1 aliphatic rings. The zero-order valence-corrected chi connectivity index (χ0v) is 18.5. The Hall–Kier alpha value is -3.75. The molecule has 0 unspecified atom stereocenters. The smallest absolute Gasteiger partial charge is 0.295 e. The molecule has 1 aliphatic heterocycles. The minimum atomic E-state index is -0.543. The van der Waals surface area contributed by atoms with Gasteiger partial charge in [0, 0.05) is 13.1 Å². The molecule has 1 fully saturated rings. The van der Waals surface area contributed by atoms with Gasteiger partial charge in [0.1, 0.15) is 22.6 Å². The van der Waals surface area contributed by atoms with Gasteiger partial charge in [-0.3, -0.25) is 4.79 Å². The number of amides is 1. The molecule has 33 heavy (non-hydrogen) atoms. The van der Waals surface area contributed by atoms with Crippen LogP contribution in [0.4, 0.5) is 10.4 Å². The third-order valence-electron chi connectivity index (χ3n) is 6.29. The fraction of sp³-hybridized carbons (Fsp3) is 0.333. The van der Waals surface area contributed by atoms with Gasteiger partial charge in [-0.2, -0.15) is 20.0 Å². The second kappa shape index (κ2) is 8.65. The van der Waals surface area contributed by atoms with E-state index in [1.807, 2.05) is 24.3 Å². The first-order valence-corrected chi connectivity index (χ1v) is 11.1. The maximum absolute atomic E-state index is 15.3. The Kier molecular flexibility index (Phi) is 5.53. The van der Waals surface area contributed by atoms with Crippen molar-refractivity contribution in [2.75, 3.05) is 18.4 Å². The largest absolute Gasteiger partial charge is 0.424 e. The molecule has 9 heteroatoms. The highest BCUT2D eigenvalue weighted by molar-refractivity contribution is 5.98. The van der Waals surface area contributed by atoms with E-state index in [1.54, 1.807) is 24.0 Å². The van der Waals surface area contributed by atoms with Gasteiger partial charge in [0.05, 0.1) is 18.4 Å². The molecule has 2 atom stereocenters. The molecule has 0 radical (unpaired) electrons. The number of nitrogens with zero attached hydrogens (tertiary/aromatic N) is 5. The number of carbonyl (C=O) groups is 1. The van der Waals surface area contributed by atoms with Crippen LogP contribution >= 0.6 is 0 Å². The summed E-state index contributed by atoms with van der Waals surface area (Å²) in [5, 5.41) is 11.5. The third-order valence-corrected chi connectivity index (χ3v) is 6.29. The van der Waals surface area contributed by atoms with Crippen molar-refractivity contribution in [2.24, 2.45) is 5.92 Å². The highest BCUT2D eigenvalue weighted by Gasteiger charge is 2.35. The van der Waals surface area contributed by atoms with Crippen LogP contribution in [0, 0.1) is 18.7 Å². The fourth-order valence-electron chi connectivity index (χ4n) is 4.48. The second-order valence-corrected chi connectivity index (χ2v) is 8.46. The maximum atomic E-state index is 15.3. The summed E-state index contributed by atoms with van der Waals surface area (Å²) in [6.45, 7) is 4.75. The van der Waals surface area contributed by atoms with E-state index in [2.05, 4.69) is 27.4 Å². The van der Waals surface area contributed by atoms with Crippen LogP contribution in [0.2, 0.25) is 0 Å². The number of nitrogens with one attached hydrogen (secondary N) is 1. The average Bonchev–Trinajstić information content (AvgIpc) is 3.49. The molecule has 3 heterocycles. The van der Waals surface area contributed by atoms with Crippen molar-refractivity contribution in [3.8, 4) is 5.69 Å². The summed E-state index contributed by atoms with van der Waals surface area (Å²) in [6, 6.07) is 11.1. The van der Waals surface area contributed by atoms with Crippen molar-refractivity contribution < 1.29 is 13.6 Å². The first-order chi connectivity index (χ1) is 16.0. The van der Waals surface area contributed by atoms with Gasteiger partial charge < -0.3 is 14.6 Å². The summed E-state index contributed by atoms with van der Waals surface area (Å²) < 4.78 is 21.1. The van der Waals surface area contributed by atoms with E-state index in [-0.39, 0.29) is 23.4 Å². The molecule has 1 saturated heterocycles. The lowest BCUT2D eigenvalue weighted by Crippen LogP contribution is -2.51. The molecule has 4 aromatic rings. The molecule has 1 N–H and O–H groups in total. The van der Waals surface area contributed by atoms with Crippen LogP contribution in [0.3, 0.4) is 0 Å². The van der Waals surface area contributed by atoms with Crippen LogP contribution in [0.15, 0.2) is 53.2 Å². The normalized spacial score (nSPS) is 18.6. The van der Waals surface area contributed by atoms with Gasteiger partial charge in [0.2, 0.25) is 0 Å². The molecule has 5 rings (SSSR count). The number of aromatic nitrogens is 4. The molecule has 170 valence electrons. The molecule has 8 nitrogen and oxygen atoms in total. The lowest BCUT2D eigenvalue weighted by molar-refractivity contribution is 0.0534. The predicted molar refractivity (Wildman–Crippen MR) is 122 cm³/mol. The Morgan fingerprint density at radius 3 is 2.79 bits per heavy atom. The number of likely N-dealkylation sites (tertiary alicyclic amines) is 1. The molecule has 2 aromatic heterocycles. The van der Waals surface area contributed by atoms with Crippen molar-refractivity contribution in [1.29, 1.82) is 0 Å². The number of aryl methyl sites for hydroxylation is 1. The Balaban J connectivity index is 1.44. The summed E-state index contributed by atoms with van der Waals surface area (Å²) >= 11 is 0. The molecule has 0 saturated carbocycles. The van der Waals surface area contributed by atoms with E-state index in [4.69, 9.17) is 4.42 Å². The number of halogens is 1. The molecular weight excluding hydrogens is 423 g/mol. The molecule has 2 aromatic carbocycles. The zero-order chi connectivity index (χ0) is 22.9. The summed E-state index contributed by atoms with van der Waals surface area (Å²) in [5.74, 6) is -0.683. The van der Waals surface area contributed by atoms with Gasteiger partial charge in [0.15, 0.2) is 5.58 Å². The number of carbonyl (C=O) groups excluding carboxylic acids is 1. The van der Waals surface area contributed by atoms with Crippen molar-refractivity contribution in [3.05, 3.63) is 65.7 Å². The fourth-order valence-corrected chi connectivity index (χ4v) is 4.48. The van der Waals surface area contributed by atoms with Gasteiger partial charge >= 0.3 is 0 Å². The molecular formula is C24H25FN6O2. The standard InChI is InChI=1S/C24H25FN6O2/c1-15-6-5-13-30(19(15)14-26-24-29-17-7-3-4-8-20(17)33-24)23(32)21-18(31-27-11-12-28-31)10-9-16(2)22(21)25/h3-4,7-12,15,19H,5-6,13-14H2,1-2H3,(H,26,29)/t15-,19-/m1/s1. The monoisotopic (exact) mass is 448 g/mol. The van der Waals surface area contributed by atoms with E-state index < -0.39 is 5.82 Å². The SMILES string of the molecule is Cc1ccc(-n2nccn2)c(C(=O)N2CCC[C@@H](C)[C@H]2CNc2nc3ccccc3o2)c1F. The van der Waals surface area contributed by atoms with Gasteiger partial charge in [-0.25, -0.2) is 4.39 Å². The average molecular weight is 449 g/mol. The van der Waals surface area contributed by atoms with Crippen molar-refractivity contribution >= 4 is 23.0 Å². The maximum Gasteiger partial charge on any atom is 0.295 e. The quantitative estimate of drug-likeness (QED) is 0.492. The Bertz CT molecular complexity index is 1250. The van der Waals surface area contributed by atoms with E-state index in [0.717, 1.165) is 18.4 Å². The van der Waals surface area contributed by atoms with Gasteiger partial charge in [-0.15, -0.1) is 0 Å². The van der Waals surface area contributed by atoms with Gasteiger partial charge in [-0.1, -0.05) is 25.1 Å². The van der Waals surface area contributed by atoms with Gasteiger partial charge in [0.25, 0.3) is 11.9 Å². The number of fused-ring (bicyclic) bond motifs is 1. The second-order valence-electron chi connectivity index (χ2n) is 8.46. The highest BCUT2D eigenvalue weighted by atomic mass is 19.1. The van der Waals surface area contributed by atoms with Crippen molar-refractivity contribution in [1.82, 2.24) is 24.9 Å². The van der Waals surface area contributed by atoms with Crippen LogP contribution in [0.5, 0.6) is 0 Å². The van der Waals surface area contributed by atoms with Crippen LogP contribution in [0.25, 0.3) is 16.8 Å². The summed E-state index contributed by atoms with van der Waals surface area (Å²) in [6.07, 6.45) is 4.84. The molecule has 1 amide bonds. The number of oxazole rings is 1. The highest BCUT2D eigenvalue weighted by Crippen LogP contribution is 2.29. The van der Waals surface area contributed by atoms with Crippen LogP contribution < -0.4 is 5.32 Å². The lowest BCUT2D eigenvalue weighted by Gasteiger charge is -2.40. The van der Waals surface area contributed by atoms with Crippen molar-refractivity contribution in [2.45, 2.75) is 32.7 Å². The van der Waals surface area contributed by atoms with E-state index >= 15 is 4.39 Å². The van der Waals surface area contributed by atoms with E-state index in [0.29, 0.717) is 35.9 Å². The first-order valence-electron chi connectivity index (χ1n) is 11.1. The van der Waals surface area contributed by atoms with E-state index in [1.165, 1.54) is 17.2 Å². The number of hydrogen-bond acceptors (Lipinski definition) is 6. The predicted octanol–water partition coefficient (Wildman–Crippen LogP) is 4.21. The first kappa shape index (κ1) is 21.1. The summed E-state index contributed by atoms with van der Waals surface area (Å²) in [5.41, 5.74) is 2.19. The van der Waals surface area contributed by atoms with Crippen molar-refractivity contribution in [3.63, 3.8) is 0 Å². The minimum Gasteiger partial charge on any atom is -0.424 e. The number of anilines is 1. The number of piperidine rings is 1. The molecule has 0 spiro atoms. The zero-order valence-electron chi connectivity index (χ0n) is 18.5. The number of hydrogen-bond donors (Lipinski definition) is 1. The molecule has 0 bridgehead atoms. The third kappa shape index (κ3) is 3.94. The Labute approximate surface area is 190 Å². The number of benzene rings is 2. The topological polar surface area (TPSA) is 89.1 Å². The number of rotatable bonds is 5. The number of para-hydroxylation sites is 2. The minimum absolute atomic E-state index is 0.00726. The van der Waals surface area contributed by atoms with Crippen LogP contribution in [-0.2, 0) is 0 Å². The summed E-state index contributed by atoms with van der Waals surface area (Å²) in [7, 11) is 0. The van der Waals surface area contributed by atoms with Crippen LogP contribution in [-0.4, -0.2) is 49.9 Å². The Morgan fingerprint density at radius 1 is 1.21 bits per heavy atom. The molecule has 0 aliphatic carbocycles.